The molecule has 3 rings (SSSR count). The van der Waals surface area contributed by atoms with E-state index in [4.69, 9.17) is 0 Å². The van der Waals surface area contributed by atoms with Crippen molar-refractivity contribution in [2.24, 2.45) is 5.92 Å². The molecule has 0 bridgehead atoms. The number of aryl methyl sites for hydroxylation is 1. The SMILES string of the molecule is Cc1cc(NC(=O)NC2CC(C)(C)NC(C)(C)C2)n(C(C)C2CC2)n1. The summed E-state index contributed by atoms with van der Waals surface area (Å²) in [6.45, 7) is 12.9. The minimum atomic E-state index is -0.136. The van der Waals surface area contributed by atoms with Crippen LogP contribution in [-0.2, 0) is 0 Å². The Morgan fingerprint density at radius 2 is 1.88 bits per heavy atom. The first kappa shape index (κ1) is 18.2. The Balaban J connectivity index is 1.65. The second-order valence-corrected chi connectivity index (χ2v) is 9.29. The van der Waals surface area contributed by atoms with Gasteiger partial charge in [0.1, 0.15) is 5.82 Å². The Morgan fingerprint density at radius 1 is 1.28 bits per heavy atom. The smallest absolute Gasteiger partial charge is 0.320 e. The van der Waals surface area contributed by atoms with Crippen molar-refractivity contribution in [3.05, 3.63) is 11.8 Å². The number of piperidine rings is 1. The van der Waals surface area contributed by atoms with E-state index in [2.05, 4.69) is 55.7 Å². The molecule has 1 aliphatic heterocycles. The molecule has 2 fully saturated rings. The van der Waals surface area contributed by atoms with Gasteiger partial charge in [-0.05, 0) is 73.1 Å². The van der Waals surface area contributed by atoms with Gasteiger partial charge in [0.2, 0.25) is 0 Å². The maximum Gasteiger partial charge on any atom is 0.320 e. The van der Waals surface area contributed by atoms with Crippen molar-refractivity contribution < 1.29 is 4.79 Å². The Kier molecular flexibility index (Phi) is 4.60. The number of hydrogen-bond acceptors (Lipinski definition) is 3. The molecule has 6 nitrogen and oxygen atoms in total. The lowest BCUT2D eigenvalue weighted by molar-refractivity contribution is 0.149. The molecule has 1 atom stereocenters. The summed E-state index contributed by atoms with van der Waals surface area (Å²) in [6.07, 6.45) is 4.34. The van der Waals surface area contributed by atoms with Crippen LogP contribution in [0.3, 0.4) is 0 Å². The van der Waals surface area contributed by atoms with Crippen LogP contribution >= 0.6 is 0 Å². The van der Waals surface area contributed by atoms with E-state index in [-0.39, 0.29) is 23.2 Å². The number of urea groups is 1. The summed E-state index contributed by atoms with van der Waals surface area (Å²) in [5.74, 6) is 1.48. The maximum atomic E-state index is 12.6. The van der Waals surface area contributed by atoms with Gasteiger partial charge in [-0.25, -0.2) is 9.48 Å². The van der Waals surface area contributed by atoms with Gasteiger partial charge in [-0.1, -0.05) is 0 Å². The maximum absolute atomic E-state index is 12.6. The lowest BCUT2D eigenvalue weighted by atomic mass is 9.80. The molecule has 2 amide bonds. The first-order valence-electron chi connectivity index (χ1n) is 9.48. The van der Waals surface area contributed by atoms with Gasteiger partial charge in [-0.2, -0.15) is 5.10 Å². The highest BCUT2D eigenvalue weighted by atomic mass is 16.2. The van der Waals surface area contributed by atoms with Crippen molar-refractivity contribution in [1.82, 2.24) is 20.4 Å². The standard InChI is InChI=1S/C19H33N5O/c1-12-9-16(24(22-12)13(2)14-7-8-14)21-17(25)20-15-10-18(3,4)23-19(5,6)11-15/h9,13-15,23H,7-8,10-11H2,1-6H3,(H2,20,21,25). The Labute approximate surface area is 151 Å². The zero-order valence-electron chi connectivity index (χ0n) is 16.4. The van der Waals surface area contributed by atoms with Gasteiger partial charge in [-0.15, -0.1) is 0 Å². The summed E-state index contributed by atoms with van der Waals surface area (Å²) in [6, 6.07) is 2.31. The first-order valence-corrected chi connectivity index (χ1v) is 9.48. The fourth-order valence-corrected chi connectivity index (χ4v) is 4.46. The number of rotatable bonds is 4. The Morgan fingerprint density at radius 3 is 2.44 bits per heavy atom. The monoisotopic (exact) mass is 347 g/mol. The molecule has 6 heteroatoms. The predicted octanol–water partition coefficient (Wildman–Crippen LogP) is 3.59. The van der Waals surface area contributed by atoms with E-state index in [0.29, 0.717) is 12.0 Å². The highest BCUT2D eigenvalue weighted by Crippen LogP contribution is 2.40. The molecular formula is C19H33N5O. The summed E-state index contributed by atoms with van der Waals surface area (Å²) in [5, 5.41) is 14.4. The summed E-state index contributed by atoms with van der Waals surface area (Å²) < 4.78 is 1.98. The lowest BCUT2D eigenvalue weighted by Gasteiger charge is -2.46. The molecule has 1 aromatic heterocycles. The van der Waals surface area contributed by atoms with Crippen molar-refractivity contribution in [3.63, 3.8) is 0 Å². The second kappa shape index (κ2) is 6.31. The fourth-order valence-electron chi connectivity index (χ4n) is 4.46. The molecule has 0 spiro atoms. The van der Waals surface area contributed by atoms with Crippen molar-refractivity contribution in [1.29, 1.82) is 0 Å². The van der Waals surface area contributed by atoms with Crippen molar-refractivity contribution >= 4 is 11.8 Å². The lowest BCUT2D eigenvalue weighted by Crippen LogP contribution is -2.62. The van der Waals surface area contributed by atoms with E-state index >= 15 is 0 Å². The number of nitrogens with zero attached hydrogens (tertiary/aromatic N) is 2. The summed E-state index contributed by atoms with van der Waals surface area (Å²) in [7, 11) is 0. The molecule has 1 saturated heterocycles. The van der Waals surface area contributed by atoms with Gasteiger partial charge in [0, 0.05) is 23.2 Å². The first-order chi connectivity index (χ1) is 11.5. The zero-order valence-corrected chi connectivity index (χ0v) is 16.4. The largest absolute Gasteiger partial charge is 0.335 e. The minimum Gasteiger partial charge on any atom is -0.335 e. The third kappa shape index (κ3) is 4.54. The highest BCUT2D eigenvalue weighted by Gasteiger charge is 2.38. The number of carbonyl (C=O) groups is 1. The number of nitrogens with one attached hydrogen (secondary N) is 3. The summed E-state index contributed by atoms with van der Waals surface area (Å²) in [5.41, 5.74) is 0.962. The molecule has 1 aliphatic carbocycles. The highest BCUT2D eigenvalue weighted by molar-refractivity contribution is 5.88. The number of anilines is 1. The molecular weight excluding hydrogens is 314 g/mol. The number of amides is 2. The molecule has 140 valence electrons. The molecule has 1 saturated carbocycles. The van der Waals surface area contributed by atoms with Gasteiger partial charge in [0.05, 0.1) is 11.7 Å². The van der Waals surface area contributed by atoms with Crippen molar-refractivity contribution in [2.45, 2.75) is 90.4 Å². The normalized spacial score (nSPS) is 23.9. The van der Waals surface area contributed by atoms with E-state index in [1.807, 2.05) is 17.7 Å². The molecule has 2 heterocycles. The molecule has 1 unspecified atom stereocenters. The Hall–Kier alpha value is -1.56. The van der Waals surface area contributed by atoms with E-state index in [1.165, 1.54) is 12.8 Å². The van der Waals surface area contributed by atoms with Crippen LogP contribution in [0.15, 0.2) is 6.07 Å². The van der Waals surface area contributed by atoms with Gasteiger partial charge in [0.25, 0.3) is 0 Å². The topological polar surface area (TPSA) is 71.0 Å². The van der Waals surface area contributed by atoms with Gasteiger partial charge in [-0.3, -0.25) is 5.32 Å². The average Bonchev–Trinajstić information content (AvgIpc) is 3.19. The summed E-state index contributed by atoms with van der Waals surface area (Å²) >= 11 is 0. The third-order valence-electron chi connectivity index (χ3n) is 5.31. The third-order valence-corrected chi connectivity index (χ3v) is 5.31. The van der Waals surface area contributed by atoms with Crippen LogP contribution in [0, 0.1) is 12.8 Å². The molecule has 0 aromatic carbocycles. The van der Waals surface area contributed by atoms with Crippen LogP contribution in [-0.4, -0.2) is 32.9 Å². The van der Waals surface area contributed by atoms with Crippen LogP contribution in [0.2, 0.25) is 0 Å². The molecule has 2 aliphatic rings. The molecule has 1 aromatic rings. The van der Waals surface area contributed by atoms with E-state index in [0.717, 1.165) is 24.4 Å². The van der Waals surface area contributed by atoms with Crippen LogP contribution in [0.1, 0.15) is 72.0 Å². The van der Waals surface area contributed by atoms with E-state index in [1.54, 1.807) is 0 Å². The number of carbonyl (C=O) groups excluding carboxylic acids is 1. The van der Waals surface area contributed by atoms with E-state index in [9.17, 15) is 4.79 Å². The summed E-state index contributed by atoms with van der Waals surface area (Å²) in [4.78, 5) is 12.6. The van der Waals surface area contributed by atoms with Crippen LogP contribution < -0.4 is 16.0 Å². The van der Waals surface area contributed by atoms with Crippen molar-refractivity contribution in [2.75, 3.05) is 5.32 Å². The van der Waals surface area contributed by atoms with Gasteiger partial charge in [0.15, 0.2) is 0 Å². The van der Waals surface area contributed by atoms with Gasteiger partial charge < -0.3 is 10.6 Å². The zero-order chi connectivity index (χ0) is 18.4. The van der Waals surface area contributed by atoms with E-state index < -0.39 is 0 Å². The van der Waals surface area contributed by atoms with Crippen LogP contribution in [0.4, 0.5) is 10.6 Å². The van der Waals surface area contributed by atoms with Gasteiger partial charge >= 0.3 is 6.03 Å². The Bertz CT molecular complexity index is 628. The number of aromatic nitrogens is 2. The predicted molar refractivity (Wildman–Crippen MR) is 101 cm³/mol. The fraction of sp³-hybridized carbons (Fsp3) is 0.789. The quantitative estimate of drug-likeness (QED) is 0.779. The average molecular weight is 348 g/mol. The molecule has 0 radical (unpaired) electrons. The van der Waals surface area contributed by atoms with Crippen molar-refractivity contribution in [3.8, 4) is 0 Å². The number of hydrogen-bond donors (Lipinski definition) is 3. The molecule has 3 N–H and O–H groups in total. The minimum absolute atomic E-state index is 0.0124. The van der Waals surface area contributed by atoms with Crippen LogP contribution in [0.25, 0.3) is 0 Å². The van der Waals surface area contributed by atoms with Crippen LogP contribution in [0.5, 0.6) is 0 Å². The molecule has 25 heavy (non-hydrogen) atoms. The second-order valence-electron chi connectivity index (χ2n) is 9.29.